The second kappa shape index (κ2) is 4.78. The van der Waals surface area contributed by atoms with Crippen LogP contribution in [0.1, 0.15) is 18.5 Å². The highest BCUT2D eigenvalue weighted by Crippen LogP contribution is 2.20. The van der Waals surface area contributed by atoms with Gasteiger partial charge in [0.25, 0.3) is 0 Å². The number of pyridine rings is 1. The highest BCUT2D eigenvalue weighted by atomic mass is 79.9. The van der Waals surface area contributed by atoms with Gasteiger partial charge in [0, 0.05) is 30.1 Å². The Balaban J connectivity index is 1.80. The molecule has 2 aromatic heterocycles. The van der Waals surface area contributed by atoms with Crippen LogP contribution in [0.4, 0.5) is 0 Å². The molecule has 1 aliphatic heterocycles. The molecule has 0 saturated carbocycles. The van der Waals surface area contributed by atoms with Crippen molar-refractivity contribution in [3.8, 4) is 0 Å². The van der Waals surface area contributed by atoms with Gasteiger partial charge in [0.2, 0.25) is 0 Å². The summed E-state index contributed by atoms with van der Waals surface area (Å²) in [5.41, 5.74) is 2.21. The molecule has 3 nitrogen and oxygen atoms in total. The fraction of sp³-hybridized carbons (Fsp3) is 0.462. The Labute approximate surface area is 109 Å². The Kier molecular flexibility index (Phi) is 3.16. The van der Waals surface area contributed by atoms with Gasteiger partial charge in [-0.25, -0.2) is 4.98 Å². The number of aromatic nitrogens is 2. The molecule has 0 unspecified atom stereocenters. The van der Waals surface area contributed by atoms with Crippen molar-refractivity contribution in [1.29, 1.82) is 0 Å². The number of rotatable bonds is 2. The Morgan fingerprint density at radius 1 is 1.41 bits per heavy atom. The molecule has 90 valence electrons. The van der Waals surface area contributed by atoms with Gasteiger partial charge in [-0.1, -0.05) is 15.9 Å². The molecule has 4 heteroatoms. The molecule has 3 rings (SSSR count). The molecular formula is C13H15BrN2O. The van der Waals surface area contributed by atoms with Gasteiger partial charge < -0.3 is 9.14 Å². The minimum absolute atomic E-state index is 0.733. The molecule has 1 aliphatic rings. The fourth-order valence-electron chi connectivity index (χ4n) is 2.35. The average Bonchev–Trinajstić information content (AvgIpc) is 2.71. The van der Waals surface area contributed by atoms with Gasteiger partial charge in [-0.05, 0) is 37.3 Å². The van der Waals surface area contributed by atoms with E-state index >= 15 is 0 Å². The molecule has 17 heavy (non-hydrogen) atoms. The van der Waals surface area contributed by atoms with Crippen LogP contribution in [-0.4, -0.2) is 22.6 Å². The number of halogens is 1. The topological polar surface area (TPSA) is 26.5 Å². The summed E-state index contributed by atoms with van der Waals surface area (Å²) in [5, 5.41) is 0. The Bertz CT molecular complexity index is 517. The summed E-state index contributed by atoms with van der Waals surface area (Å²) < 4.78 is 8.54. The first-order valence-corrected chi connectivity index (χ1v) is 6.81. The Hall–Kier alpha value is -0.870. The summed E-state index contributed by atoms with van der Waals surface area (Å²) in [7, 11) is 0. The zero-order valence-electron chi connectivity index (χ0n) is 9.60. The van der Waals surface area contributed by atoms with Crippen molar-refractivity contribution in [3.63, 3.8) is 0 Å². The van der Waals surface area contributed by atoms with Gasteiger partial charge in [-0.15, -0.1) is 0 Å². The fourth-order valence-corrected chi connectivity index (χ4v) is 2.68. The van der Waals surface area contributed by atoms with Crippen LogP contribution in [0.15, 0.2) is 29.0 Å². The molecule has 0 aliphatic carbocycles. The van der Waals surface area contributed by atoms with Crippen molar-refractivity contribution in [1.82, 2.24) is 9.38 Å². The second-order valence-electron chi connectivity index (χ2n) is 4.60. The maximum Gasteiger partial charge on any atom is 0.138 e. The maximum atomic E-state index is 5.38. The maximum absolute atomic E-state index is 5.38. The predicted octanol–water partition coefficient (Wildman–Crippen LogP) is 3.07. The van der Waals surface area contributed by atoms with E-state index in [1.54, 1.807) is 0 Å². The van der Waals surface area contributed by atoms with Gasteiger partial charge in [0.15, 0.2) is 0 Å². The molecular weight excluding hydrogens is 280 g/mol. The molecule has 0 aromatic carbocycles. The van der Waals surface area contributed by atoms with E-state index in [-0.39, 0.29) is 0 Å². The van der Waals surface area contributed by atoms with Gasteiger partial charge in [-0.3, -0.25) is 0 Å². The van der Waals surface area contributed by atoms with Crippen LogP contribution in [0, 0.1) is 5.92 Å². The van der Waals surface area contributed by atoms with Gasteiger partial charge in [-0.2, -0.15) is 0 Å². The summed E-state index contributed by atoms with van der Waals surface area (Å²) in [6.45, 7) is 1.81. The summed E-state index contributed by atoms with van der Waals surface area (Å²) in [5.74, 6) is 0.733. The van der Waals surface area contributed by atoms with Crippen LogP contribution >= 0.6 is 15.9 Å². The first-order valence-electron chi connectivity index (χ1n) is 6.02. The lowest BCUT2D eigenvalue weighted by molar-refractivity contribution is 0.0663. The third kappa shape index (κ3) is 2.53. The van der Waals surface area contributed by atoms with E-state index in [2.05, 4.69) is 31.5 Å². The number of hydrogen-bond acceptors (Lipinski definition) is 2. The minimum Gasteiger partial charge on any atom is -0.381 e. The number of fused-ring (bicyclic) bond motifs is 1. The molecule has 0 spiro atoms. The molecule has 0 atom stereocenters. The SMILES string of the molecule is Brc1ccn2cc(CC3CCOCC3)nc2c1. The number of ether oxygens (including phenoxy) is 1. The van der Waals surface area contributed by atoms with Crippen LogP contribution in [0.25, 0.3) is 5.65 Å². The number of hydrogen-bond donors (Lipinski definition) is 0. The van der Waals surface area contributed by atoms with Gasteiger partial charge in [0.05, 0.1) is 5.69 Å². The zero-order valence-corrected chi connectivity index (χ0v) is 11.2. The van der Waals surface area contributed by atoms with Crippen molar-refractivity contribution >= 4 is 21.6 Å². The number of imidazole rings is 1. The van der Waals surface area contributed by atoms with E-state index in [4.69, 9.17) is 4.74 Å². The van der Waals surface area contributed by atoms with Crippen LogP contribution < -0.4 is 0 Å². The van der Waals surface area contributed by atoms with E-state index < -0.39 is 0 Å². The normalized spacial score (nSPS) is 17.7. The summed E-state index contributed by atoms with van der Waals surface area (Å²) >= 11 is 3.47. The van der Waals surface area contributed by atoms with E-state index in [9.17, 15) is 0 Å². The lowest BCUT2D eigenvalue weighted by Crippen LogP contribution is -2.17. The Morgan fingerprint density at radius 3 is 3.06 bits per heavy atom. The molecule has 1 saturated heterocycles. The summed E-state index contributed by atoms with van der Waals surface area (Å²) in [6.07, 6.45) is 7.58. The third-order valence-electron chi connectivity index (χ3n) is 3.31. The lowest BCUT2D eigenvalue weighted by atomic mass is 9.95. The smallest absolute Gasteiger partial charge is 0.138 e. The van der Waals surface area contributed by atoms with Crippen LogP contribution in [0.5, 0.6) is 0 Å². The molecule has 0 amide bonds. The first kappa shape index (κ1) is 11.2. The minimum atomic E-state index is 0.733. The van der Waals surface area contributed by atoms with Gasteiger partial charge >= 0.3 is 0 Å². The van der Waals surface area contributed by atoms with Crippen molar-refractivity contribution < 1.29 is 4.74 Å². The third-order valence-corrected chi connectivity index (χ3v) is 3.80. The van der Waals surface area contributed by atoms with Crippen molar-refractivity contribution in [2.24, 2.45) is 5.92 Å². The monoisotopic (exact) mass is 294 g/mol. The largest absolute Gasteiger partial charge is 0.381 e. The summed E-state index contributed by atoms with van der Waals surface area (Å²) in [4.78, 5) is 4.66. The lowest BCUT2D eigenvalue weighted by Gasteiger charge is -2.20. The van der Waals surface area contributed by atoms with E-state index in [1.165, 1.54) is 5.69 Å². The van der Waals surface area contributed by atoms with E-state index in [0.717, 1.165) is 48.5 Å². The molecule has 2 aromatic rings. The zero-order chi connectivity index (χ0) is 11.7. The van der Waals surface area contributed by atoms with Crippen molar-refractivity contribution in [2.75, 3.05) is 13.2 Å². The highest BCUT2D eigenvalue weighted by Gasteiger charge is 2.15. The van der Waals surface area contributed by atoms with E-state index in [1.807, 2.05) is 18.3 Å². The summed E-state index contributed by atoms with van der Waals surface area (Å²) in [6, 6.07) is 4.08. The molecule has 3 heterocycles. The Morgan fingerprint density at radius 2 is 2.24 bits per heavy atom. The average molecular weight is 295 g/mol. The van der Waals surface area contributed by atoms with Gasteiger partial charge in [0.1, 0.15) is 5.65 Å². The van der Waals surface area contributed by atoms with Crippen LogP contribution in [-0.2, 0) is 11.2 Å². The standard InChI is InChI=1S/C13H15BrN2O/c14-11-1-4-16-9-12(15-13(16)8-11)7-10-2-5-17-6-3-10/h1,4,8-10H,2-3,5-7H2. The van der Waals surface area contributed by atoms with Crippen molar-refractivity contribution in [2.45, 2.75) is 19.3 Å². The first-order chi connectivity index (χ1) is 8.31. The van der Waals surface area contributed by atoms with Crippen LogP contribution in [0.3, 0.4) is 0 Å². The molecule has 1 fully saturated rings. The molecule has 0 N–H and O–H groups in total. The highest BCUT2D eigenvalue weighted by molar-refractivity contribution is 9.10. The second-order valence-corrected chi connectivity index (χ2v) is 5.52. The molecule has 0 bridgehead atoms. The van der Waals surface area contributed by atoms with Crippen molar-refractivity contribution in [3.05, 3.63) is 34.7 Å². The van der Waals surface area contributed by atoms with E-state index in [0.29, 0.717) is 0 Å². The molecule has 0 radical (unpaired) electrons. The predicted molar refractivity (Wildman–Crippen MR) is 70.1 cm³/mol. The number of nitrogens with zero attached hydrogens (tertiary/aromatic N) is 2. The quantitative estimate of drug-likeness (QED) is 0.851. The van der Waals surface area contributed by atoms with Crippen LogP contribution in [0.2, 0.25) is 0 Å².